The average molecular weight is 442 g/mol. The van der Waals surface area contributed by atoms with E-state index in [4.69, 9.17) is 21.1 Å². The van der Waals surface area contributed by atoms with Crippen LogP contribution in [0.25, 0.3) is 0 Å². The average Bonchev–Trinajstić information content (AvgIpc) is 2.47. The number of hydrogen-bond donors (Lipinski definition) is 2. The number of ether oxygens (including phenoxy) is 2. The van der Waals surface area contributed by atoms with Crippen LogP contribution in [-0.4, -0.2) is 46.4 Å². The number of nitrogens with one attached hydrogen (secondary N) is 2. The minimum absolute atomic E-state index is 0. The van der Waals surface area contributed by atoms with Crippen LogP contribution >= 0.6 is 35.6 Å². The van der Waals surface area contributed by atoms with Crippen LogP contribution < -0.4 is 15.4 Å². The van der Waals surface area contributed by atoms with Crippen molar-refractivity contribution >= 4 is 41.5 Å². The van der Waals surface area contributed by atoms with Crippen molar-refractivity contribution in [3.8, 4) is 5.75 Å². The van der Waals surface area contributed by atoms with Gasteiger partial charge in [-0.1, -0.05) is 17.7 Å². The van der Waals surface area contributed by atoms with E-state index in [9.17, 15) is 0 Å². The van der Waals surface area contributed by atoms with Gasteiger partial charge in [-0.2, -0.15) is 0 Å². The number of guanidine groups is 1. The molecule has 0 bridgehead atoms. The minimum Gasteiger partial charge on any atom is -0.497 e. The predicted octanol–water partition coefficient (Wildman–Crippen LogP) is 2.71. The van der Waals surface area contributed by atoms with Crippen LogP contribution in [0, 0.1) is 0 Å². The van der Waals surface area contributed by atoms with Crippen molar-refractivity contribution in [3.05, 3.63) is 28.8 Å². The van der Waals surface area contributed by atoms with Crippen molar-refractivity contribution in [2.24, 2.45) is 4.99 Å². The summed E-state index contributed by atoms with van der Waals surface area (Å²) in [6.07, 6.45) is 0.808. The molecular weight excluding hydrogens is 417 g/mol. The lowest BCUT2D eigenvalue weighted by atomic mass is 10.1. The molecule has 1 unspecified atom stereocenters. The normalized spacial score (nSPS) is 12.3. The number of aliphatic imine (C=N–C) groups is 1. The minimum atomic E-state index is 0. The van der Waals surface area contributed by atoms with Gasteiger partial charge >= 0.3 is 0 Å². The summed E-state index contributed by atoms with van der Waals surface area (Å²) >= 11 is 6.21. The molecule has 0 radical (unpaired) electrons. The number of methoxy groups -OCH3 is 2. The Morgan fingerprint density at radius 2 is 2.09 bits per heavy atom. The summed E-state index contributed by atoms with van der Waals surface area (Å²) in [6, 6.07) is 5.91. The van der Waals surface area contributed by atoms with Crippen LogP contribution in [0.15, 0.2) is 23.2 Å². The first kappa shape index (κ1) is 21.3. The summed E-state index contributed by atoms with van der Waals surface area (Å²) in [4.78, 5) is 4.18. The molecular formula is C15H25ClIN3O2. The fourth-order valence-corrected chi connectivity index (χ4v) is 2.16. The van der Waals surface area contributed by atoms with E-state index in [2.05, 4.69) is 15.6 Å². The van der Waals surface area contributed by atoms with E-state index in [1.54, 1.807) is 21.3 Å². The molecule has 0 aromatic heterocycles. The zero-order valence-corrected chi connectivity index (χ0v) is 16.6. The molecule has 5 nitrogen and oxygen atoms in total. The zero-order chi connectivity index (χ0) is 15.7. The second-order valence-corrected chi connectivity index (χ2v) is 5.11. The van der Waals surface area contributed by atoms with Crippen molar-refractivity contribution in [1.82, 2.24) is 10.6 Å². The number of benzene rings is 1. The first-order chi connectivity index (χ1) is 10.1. The lowest BCUT2D eigenvalue weighted by molar-refractivity contribution is 0.179. The molecule has 1 rings (SSSR count). The molecule has 0 aliphatic rings. The van der Waals surface area contributed by atoms with E-state index in [0.29, 0.717) is 11.6 Å². The van der Waals surface area contributed by atoms with E-state index >= 15 is 0 Å². The standard InChI is InChI=1S/C15H24ClN3O2.HI/c1-11(10-20-3)19-15(17-2)18-8-7-12-5-6-13(21-4)9-14(12)16;/h5-6,9,11H,7-8,10H2,1-4H3,(H2,17,18,19);1H. The molecule has 0 aliphatic heterocycles. The van der Waals surface area contributed by atoms with Gasteiger partial charge in [-0.25, -0.2) is 0 Å². The molecule has 0 aliphatic carbocycles. The quantitative estimate of drug-likeness (QED) is 0.388. The largest absolute Gasteiger partial charge is 0.497 e. The van der Waals surface area contributed by atoms with Crippen molar-refractivity contribution in [3.63, 3.8) is 0 Å². The Balaban J connectivity index is 0.00000441. The third kappa shape index (κ3) is 7.51. The van der Waals surface area contributed by atoms with Gasteiger partial charge in [0.15, 0.2) is 5.96 Å². The van der Waals surface area contributed by atoms with Crippen molar-refractivity contribution in [2.75, 3.05) is 34.4 Å². The molecule has 0 fully saturated rings. The van der Waals surface area contributed by atoms with Gasteiger partial charge < -0.3 is 20.1 Å². The monoisotopic (exact) mass is 441 g/mol. The first-order valence-corrected chi connectivity index (χ1v) is 7.27. The van der Waals surface area contributed by atoms with Crippen LogP contribution in [0.4, 0.5) is 0 Å². The Morgan fingerprint density at radius 1 is 1.36 bits per heavy atom. The maximum absolute atomic E-state index is 6.21. The molecule has 0 saturated carbocycles. The lowest BCUT2D eigenvalue weighted by Gasteiger charge is -2.17. The van der Waals surface area contributed by atoms with Gasteiger partial charge in [-0.15, -0.1) is 24.0 Å². The second kappa shape index (κ2) is 11.8. The van der Waals surface area contributed by atoms with Crippen LogP contribution in [0.1, 0.15) is 12.5 Å². The molecule has 0 spiro atoms. The molecule has 1 aromatic rings. The Bertz CT molecular complexity index is 472. The third-order valence-corrected chi connectivity index (χ3v) is 3.32. The molecule has 126 valence electrons. The molecule has 0 heterocycles. The highest BCUT2D eigenvalue weighted by Crippen LogP contribution is 2.22. The Labute approximate surface area is 154 Å². The van der Waals surface area contributed by atoms with E-state index in [0.717, 1.165) is 30.2 Å². The molecule has 22 heavy (non-hydrogen) atoms. The SMILES string of the molecule is CN=C(NCCc1ccc(OC)cc1Cl)NC(C)COC.I. The highest BCUT2D eigenvalue weighted by atomic mass is 127. The summed E-state index contributed by atoms with van der Waals surface area (Å²) in [5, 5.41) is 7.22. The molecule has 0 amide bonds. The summed E-state index contributed by atoms with van der Waals surface area (Å²) in [5.74, 6) is 1.52. The van der Waals surface area contributed by atoms with E-state index < -0.39 is 0 Å². The lowest BCUT2D eigenvalue weighted by Crippen LogP contribution is -2.44. The highest BCUT2D eigenvalue weighted by Gasteiger charge is 2.06. The maximum atomic E-state index is 6.21. The summed E-state index contributed by atoms with van der Waals surface area (Å²) < 4.78 is 10.2. The van der Waals surface area contributed by atoms with Gasteiger partial charge in [0.1, 0.15) is 5.75 Å². The van der Waals surface area contributed by atoms with Crippen LogP contribution in [-0.2, 0) is 11.2 Å². The Kier molecular flexibility index (Phi) is 11.4. The third-order valence-electron chi connectivity index (χ3n) is 2.97. The molecule has 7 heteroatoms. The Hall–Kier alpha value is -0.730. The highest BCUT2D eigenvalue weighted by molar-refractivity contribution is 14.0. The van der Waals surface area contributed by atoms with Gasteiger partial charge in [-0.3, -0.25) is 4.99 Å². The fraction of sp³-hybridized carbons (Fsp3) is 0.533. The van der Waals surface area contributed by atoms with Gasteiger partial charge in [-0.05, 0) is 31.0 Å². The first-order valence-electron chi connectivity index (χ1n) is 6.89. The van der Waals surface area contributed by atoms with Crippen LogP contribution in [0.5, 0.6) is 5.75 Å². The van der Waals surface area contributed by atoms with Crippen LogP contribution in [0.3, 0.4) is 0 Å². The van der Waals surface area contributed by atoms with Gasteiger partial charge in [0.05, 0.1) is 13.7 Å². The van der Waals surface area contributed by atoms with Gasteiger partial charge in [0.2, 0.25) is 0 Å². The summed E-state index contributed by atoms with van der Waals surface area (Å²) in [7, 11) is 5.05. The number of hydrogen-bond acceptors (Lipinski definition) is 3. The van der Waals surface area contributed by atoms with Gasteiger partial charge in [0.25, 0.3) is 0 Å². The molecule has 1 aromatic carbocycles. The number of halogens is 2. The second-order valence-electron chi connectivity index (χ2n) is 4.71. The summed E-state index contributed by atoms with van der Waals surface area (Å²) in [5.41, 5.74) is 1.07. The number of rotatable bonds is 7. The van der Waals surface area contributed by atoms with E-state index in [1.807, 2.05) is 25.1 Å². The zero-order valence-electron chi connectivity index (χ0n) is 13.5. The Morgan fingerprint density at radius 3 is 2.64 bits per heavy atom. The number of nitrogens with zero attached hydrogens (tertiary/aromatic N) is 1. The topological polar surface area (TPSA) is 54.9 Å². The van der Waals surface area contributed by atoms with Crippen molar-refractivity contribution in [2.45, 2.75) is 19.4 Å². The van der Waals surface area contributed by atoms with E-state index in [1.165, 1.54) is 0 Å². The van der Waals surface area contributed by atoms with Crippen molar-refractivity contribution in [1.29, 1.82) is 0 Å². The maximum Gasteiger partial charge on any atom is 0.191 e. The molecule has 0 saturated heterocycles. The molecule has 2 N–H and O–H groups in total. The van der Waals surface area contributed by atoms with Gasteiger partial charge in [0, 0.05) is 31.8 Å². The van der Waals surface area contributed by atoms with E-state index in [-0.39, 0.29) is 30.0 Å². The molecule has 1 atom stereocenters. The smallest absolute Gasteiger partial charge is 0.191 e. The summed E-state index contributed by atoms with van der Waals surface area (Å²) in [6.45, 7) is 3.41. The van der Waals surface area contributed by atoms with Crippen molar-refractivity contribution < 1.29 is 9.47 Å². The fourth-order valence-electron chi connectivity index (χ4n) is 1.89. The predicted molar refractivity (Wildman–Crippen MR) is 103 cm³/mol. The van der Waals surface area contributed by atoms with Crippen LogP contribution in [0.2, 0.25) is 5.02 Å².